The molecule has 2 N–H and O–H groups in total. The van der Waals surface area contributed by atoms with E-state index in [4.69, 9.17) is 16.3 Å². The van der Waals surface area contributed by atoms with E-state index in [2.05, 4.69) is 4.72 Å². The molecule has 2 aromatic rings. The number of hydrogen-bond acceptors (Lipinski definition) is 5. The molecule has 0 saturated heterocycles. The molecule has 24 heavy (non-hydrogen) atoms. The zero-order valence-corrected chi connectivity index (χ0v) is 14.4. The van der Waals surface area contributed by atoms with Gasteiger partial charge in [0.25, 0.3) is 10.0 Å². The molecule has 6 nitrogen and oxygen atoms in total. The normalized spacial score (nSPS) is 11.1. The number of hydrogen-bond donors (Lipinski definition) is 2. The van der Waals surface area contributed by atoms with E-state index in [1.165, 1.54) is 42.5 Å². The van der Waals surface area contributed by atoms with Crippen LogP contribution in [0.4, 0.5) is 5.69 Å². The topological polar surface area (TPSA) is 92.7 Å². The molecule has 8 heteroatoms. The Kier molecular flexibility index (Phi) is 5.69. The average Bonchev–Trinajstić information content (AvgIpc) is 2.54. The number of phenols is 1. The number of nitrogens with one attached hydrogen (secondary N) is 1. The van der Waals surface area contributed by atoms with Crippen LogP contribution in [0.1, 0.15) is 23.7 Å². The van der Waals surface area contributed by atoms with Crippen molar-refractivity contribution in [1.82, 2.24) is 0 Å². The maximum Gasteiger partial charge on any atom is 0.341 e. The number of halogens is 1. The fraction of sp³-hybridized carbons (Fsp3) is 0.188. The van der Waals surface area contributed by atoms with Crippen molar-refractivity contribution in [1.29, 1.82) is 0 Å². The number of ether oxygens (including phenoxy) is 1. The van der Waals surface area contributed by atoms with Crippen LogP contribution in [0.5, 0.6) is 5.75 Å². The van der Waals surface area contributed by atoms with E-state index in [1.54, 1.807) is 0 Å². The van der Waals surface area contributed by atoms with Crippen molar-refractivity contribution in [3.63, 3.8) is 0 Å². The summed E-state index contributed by atoms with van der Waals surface area (Å²) in [5, 5.41) is 10.2. The van der Waals surface area contributed by atoms with Gasteiger partial charge in [-0.2, -0.15) is 0 Å². The number of aromatic hydroxyl groups is 1. The average molecular weight is 370 g/mol. The Morgan fingerprint density at radius 3 is 2.50 bits per heavy atom. The molecule has 0 bridgehead atoms. The molecule has 0 saturated carbocycles. The van der Waals surface area contributed by atoms with Crippen molar-refractivity contribution >= 4 is 33.3 Å². The minimum absolute atomic E-state index is 0.0232. The predicted molar refractivity (Wildman–Crippen MR) is 90.9 cm³/mol. The van der Waals surface area contributed by atoms with Crippen LogP contribution in [-0.4, -0.2) is 26.1 Å². The third-order valence-electron chi connectivity index (χ3n) is 3.03. The summed E-state index contributed by atoms with van der Waals surface area (Å²) in [4.78, 5) is 11.9. The van der Waals surface area contributed by atoms with Crippen molar-refractivity contribution < 1.29 is 23.1 Å². The highest BCUT2D eigenvalue weighted by Crippen LogP contribution is 2.25. The van der Waals surface area contributed by atoms with Gasteiger partial charge in [-0.1, -0.05) is 18.5 Å². The lowest BCUT2D eigenvalue weighted by molar-refractivity contribution is 0.0502. The van der Waals surface area contributed by atoms with E-state index in [0.29, 0.717) is 11.4 Å². The Morgan fingerprint density at radius 2 is 1.88 bits per heavy atom. The molecule has 0 aliphatic carbocycles. The highest BCUT2D eigenvalue weighted by molar-refractivity contribution is 7.92. The zero-order valence-electron chi connectivity index (χ0n) is 12.8. The first-order valence-corrected chi connectivity index (χ1v) is 8.98. The maximum absolute atomic E-state index is 12.3. The van der Waals surface area contributed by atoms with Crippen LogP contribution in [0.3, 0.4) is 0 Å². The molecule has 0 unspecified atom stereocenters. The molecule has 0 aliphatic heterocycles. The largest absolute Gasteiger partial charge is 0.507 e. The lowest BCUT2D eigenvalue weighted by Gasteiger charge is -2.11. The molecule has 2 aromatic carbocycles. The summed E-state index contributed by atoms with van der Waals surface area (Å²) < 4.78 is 31.9. The molecule has 0 aromatic heterocycles. The maximum atomic E-state index is 12.3. The summed E-state index contributed by atoms with van der Waals surface area (Å²) in [6.07, 6.45) is 0.634. The second-order valence-electron chi connectivity index (χ2n) is 4.93. The number of carbonyl (C=O) groups is 1. The standard InChI is InChI=1S/C16H16ClNO5S/c1-2-9-23-16(20)14-10-12(5-8-15(14)19)18-24(21,22)13-6-3-11(17)4-7-13/h3-8,10,18-19H,2,9H2,1H3. The van der Waals surface area contributed by atoms with E-state index in [0.717, 1.165) is 0 Å². The van der Waals surface area contributed by atoms with Gasteiger partial charge in [-0.15, -0.1) is 0 Å². The van der Waals surface area contributed by atoms with Crippen molar-refractivity contribution in [2.24, 2.45) is 0 Å². The molecule has 128 valence electrons. The Morgan fingerprint density at radius 1 is 1.21 bits per heavy atom. The second kappa shape index (κ2) is 7.55. The summed E-state index contributed by atoms with van der Waals surface area (Å²) >= 11 is 5.74. The van der Waals surface area contributed by atoms with E-state index in [9.17, 15) is 18.3 Å². The van der Waals surface area contributed by atoms with Crippen LogP contribution in [-0.2, 0) is 14.8 Å². The van der Waals surface area contributed by atoms with E-state index < -0.39 is 16.0 Å². The van der Waals surface area contributed by atoms with E-state index in [1.807, 2.05) is 6.92 Å². The van der Waals surface area contributed by atoms with Gasteiger partial charge in [0.2, 0.25) is 0 Å². The summed E-state index contributed by atoms with van der Waals surface area (Å²) in [5.41, 5.74) is 0.0194. The van der Waals surface area contributed by atoms with Gasteiger partial charge in [0.15, 0.2) is 0 Å². The minimum atomic E-state index is -3.84. The van der Waals surface area contributed by atoms with Crippen LogP contribution in [0.2, 0.25) is 5.02 Å². The smallest absolute Gasteiger partial charge is 0.341 e. The van der Waals surface area contributed by atoms with Gasteiger partial charge in [0.1, 0.15) is 11.3 Å². The van der Waals surface area contributed by atoms with Gasteiger partial charge in [-0.3, -0.25) is 4.72 Å². The monoisotopic (exact) mass is 369 g/mol. The van der Waals surface area contributed by atoms with Crippen molar-refractivity contribution in [2.75, 3.05) is 11.3 Å². The first-order chi connectivity index (χ1) is 11.3. The Hall–Kier alpha value is -2.25. The molecule has 2 rings (SSSR count). The molecular weight excluding hydrogens is 354 g/mol. The predicted octanol–water partition coefficient (Wildman–Crippen LogP) is 3.41. The van der Waals surface area contributed by atoms with Gasteiger partial charge >= 0.3 is 5.97 Å². The quantitative estimate of drug-likeness (QED) is 0.601. The fourth-order valence-corrected chi connectivity index (χ4v) is 3.04. The fourth-order valence-electron chi connectivity index (χ4n) is 1.86. The number of carbonyl (C=O) groups excluding carboxylic acids is 1. The Balaban J connectivity index is 2.26. The van der Waals surface area contributed by atoms with Crippen LogP contribution in [0.25, 0.3) is 0 Å². The first kappa shape index (κ1) is 18.1. The third-order valence-corrected chi connectivity index (χ3v) is 4.68. The second-order valence-corrected chi connectivity index (χ2v) is 7.05. The molecule has 0 atom stereocenters. The molecule has 0 spiro atoms. The first-order valence-electron chi connectivity index (χ1n) is 7.12. The molecule has 0 amide bonds. The molecule has 0 radical (unpaired) electrons. The van der Waals surface area contributed by atoms with E-state index >= 15 is 0 Å². The lowest BCUT2D eigenvalue weighted by atomic mass is 10.2. The number of sulfonamides is 1. The minimum Gasteiger partial charge on any atom is -0.507 e. The van der Waals surface area contributed by atoms with Crippen molar-refractivity contribution in [3.8, 4) is 5.75 Å². The number of benzene rings is 2. The van der Waals surface area contributed by atoms with Crippen LogP contribution in [0, 0.1) is 0 Å². The number of rotatable bonds is 6. The van der Waals surface area contributed by atoms with Crippen molar-refractivity contribution in [3.05, 3.63) is 53.1 Å². The van der Waals surface area contributed by atoms with Gasteiger partial charge in [0.05, 0.1) is 11.5 Å². The summed E-state index contributed by atoms with van der Waals surface area (Å²) in [5.74, 6) is -1.01. The summed E-state index contributed by atoms with van der Waals surface area (Å²) in [7, 11) is -3.84. The Labute approximate surface area is 145 Å². The third kappa shape index (κ3) is 4.39. The van der Waals surface area contributed by atoms with Gasteiger partial charge in [-0.25, -0.2) is 13.2 Å². The summed E-state index contributed by atoms with van der Waals surface area (Å²) in [6, 6.07) is 9.44. The highest BCUT2D eigenvalue weighted by atomic mass is 35.5. The molecule has 0 aliphatic rings. The van der Waals surface area contributed by atoms with Gasteiger partial charge in [-0.05, 0) is 48.9 Å². The SMILES string of the molecule is CCCOC(=O)c1cc(NS(=O)(=O)c2ccc(Cl)cc2)ccc1O. The number of anilines is 1. The molecular formula is C16H16ClNO5S. The van der Waals surface area contributed by atoms with Crippen molar-refractivity contribution in [2.45, 2.75) is 18.2 Å². The molecule has 0 fully saturated rings. The Bertz CT molecular complexity index is 834. The van der Waals surface area contributed by atoms with Crippen LogP contribution in [0.15, 0.2) is 47.4 Å². The number of phenolic OH excluding ortho intramolecular Hbond substituents is 1. The van der Waals surface area contributed by atoms with E-state index in [-0.39, 0.29) is 28.5 Å². The molecule has 0 heterocycles. The highest BCUT2D eigenvalue weighted by Gasteiger charge is 2.17. The van der Waals surface area contributed by atoms with Gasteiger partial charge in [0, 0.05) is 10.7 Å². The van der Waals surface area contributed by atoms with Crippen LogP contribution >= 0.6 is 11.6 Å². The zero-order chi connectivity index (χ0) is 17.7. The van der Waals surface area contributed by atoms with Crippen LogP contribution < -0.4 is 4.72 Å². The summed E-state index contributed by atoms with van der Waals surface area (Å²) in [6.45, 7) is 2.04. The van der Waals surface area contributed by atoms with Gasteiger partial charge < -0.3 is 9.84 Å². The lowest BCUT2D eigenvalue weighted by Crippen LogP contribution is -2.14. The number of esters is 1.